The van der Waals surface area contributed by atoms with Crippen molar-refractivity contribution >= 4 is 21.9 Å². The van der Waals surface area contributed by atoms with Gasteiger partial charge in [0.1, 0.15) is 17.9 Å². The molecule has 2 rings (SSSR count). The Hall–Kier alpha value is -1.62. The number of ether oxygens (including phenoxy) is 1. The van der Waals surface area contributed by atoms with E-state index in [2.05, 4.69) is 21.1 Å². The molecule has 0 saturated carbocycles. The van der Waals surface area contributed by atoms with E-state index in [1.165, 1.54) is 0 Å². The van der Waals surface area contributed by atoms with E-state index in [4.69, 9.17) is 9.26 Å². The first-order valence-corrected chi connectivity index (χ1v) is 6.35. The van der Waals surface area contributed by atoms with E-state index in [9.17, 15) is 4.79 Å². The highest BCUT2D eigenvalue weighted by Gasteiger charge is 2.11. The summed E-state index contributed by atoms with van der Waals surface area (Å²) in [4.78, 5) is 11.3. The maximum atomic E-state index is 11.3. The van der Waals surface area contributed by atoms with Crippen molar-refractivity contribution in [1.82, 2.24) is 5.16 Å². The lowest BCUT2D eigenvalue weighted by Crippen LogP contribution is -2.06. The van der Waals surface area contributed by atoms with Gasteiger partial charge in [0.05, 0.1) is 6.61 Å². The summed E-state index contributed by atoms with van der Waals surface area (Å²) >= 11 is 3.37. The first-order valence-electron chi connectivity index (χ1n) is 5.56. The molecule has 18 heavy (non-hydrogen) atoms. The normalized spacial score (nSPS) is 10.3. The predicted octanol–water partition coefficient (Wildman–Crippen LogP) is 3.21. The van der Waals surface area contributed by atoms with Crippen molar-refractivity contribution in [3.8, 4) is 11.3 Å². The van der Waals surface area contributed by atoms with E-state index >= 15 is 0 Å². The lowest BCUT2D eigenvalue weighted by molar-refractivity contribution is -0.142. The Bertz CT molecular complexity index is 533. The first kappa shape index (κ1) is 12.8. The van der Waals surface area contributed by atoms with Gasteiger partial charge in [0.25, 0.3) is 0 Å². The van der Waals surface area contributed by atoms with Gasteiger partial charge in [-0.25, -0.2) is 0 Å². The van der Waals surface area contributed by atoms with Gasteiger partial charge in [-0.15, -0.1) is 0 Å². The molecule has 0 unspecified atom stereocenters. The molecule has 0 fully saturated rings. The van der Waals surface area contributed by atoms with Crippen molar-refractivity contribution in [3.63, 3.8) is 0 Å². The van der Waals surface area contributed by atoms with Crippen molar-refractivity contribution in [2.75, 3.05) is 6.61 Å². The number of rotatable bonds is 4. The highest BCUT2D eigenvalue weighted by molar-refractivity contribution is 9.10. The summed E-state index contributed by atoms with van der Waals surface area (Å²) in [5.74, 6) is 0.197. The van der Waals surface area contributed by atoms with Gasteiger partial charge in [-0.2, -0.15) is 0 Å². The van der Waals surface area contributed by atoms with Crippen molar-refractivity contribution in [2.45, 2.75) is 13.3 Å². The molecule has 1 aromatic carbocycles. The molecular weight excluding hydrogens is 298 g/mol. The molecule has 4 nitrogen and oxygen atoms in total. The summed E-state index contributed by atoms with van der Waals surface area (Å²) in [5.41, 5.74) is 1.65. The molecule has 0 saturated heterocycles. The molecule has 0 aliphatic rings. The van der Waals surface area contributed by atoms with E-state index in [1.54, 1.807) is 13.0 Å². The number of carbonyl (C=O) groups excluding carboxylic acids is 1. The highest BCUT2D eigenvalue weighted by atomic mass is 79.9. The molecule has 0 atom stereocenters. The van der Waals surface area contributed by atoms with Crippen LogP contribution in [0.5, 0.6) is 0 Å². The summed E-state index contributed by atoms with van der Waals surface area (Å²) in [6, 6.07) is 9.45. The topological polar surface area (TPSA) is 52.3 Å². The van der Waals surface area contributed by atoms with Crippen LogP contribution in [-0.4, -0.2) is 17.7 Å². The summed E-state index contributed by atoms with van der Waals surface area (Å²) in [6.45, 7) is 2.14. The van der Waals surface area contributed by atoms with Crippen LogP contribution in [0, 0.1) is 0 Å². The Morgan fingerprint density at radius 1 is 1.39 bits per heavy atom. The number of nitrogens with zero attached hydrogens (tertiary/aromatic N) is 1. The number of aromatic nitrogens is 1. The molecule has 0 radical (unpaired) electrons. The quantitative estimate of drug-likeness (QED) is 0.814. The minimum Gasteiger partial charge on any atom is -0.466 e. The van der Waals surface area contributed by atoms with Crippen LogP contribution in [0.4, 0.5) is 0 Å². The zero-order valence-corrected chi connectivity index (χ0v) is 11.4. The molecule has 0 aliphatic carbocycles. The Morgan fingerprint density at radius 3 is 2.78 bits per heavy atom. The average molecular weight is 310 g/mol. The van der Waals surface area contributed by atoms with Crippen molar-refractivity contribution in [3.05, 3.63) is 40.6 Å². The lowest BCUT2D eigenvalue weighted by atomic mass is 10.1. The summed E-state index contributed by atoms with van der Waals surface area (Å²) in [7, 11) is 0. The number of hydrogen-bond donors (Lipinski definition) is 0. The molecule has 5 heteroatoms. The van der Waals surface area contributed by atoms with Crippen LogP contribution in [0.1, 0.15) is 12.7 Å². The summed E-state index contributed by atoms with van der Waals surface area (Å²) < 4.78 is 10.9. The standard InChI is InChI=1S/C13H12BrNO3/c1-2-17-13(16)8-11-7-12(15-18-11)9-3-5-10(14)6-4-9/h3-7H,2,8H2,1H3. The Kier molecular flexibility index (Phi) is 4.15. The van der Waals surface area contributed by atoms with Crippen molar-refractivity contribution < 1.29 is 14.1 Å². The number of benzene rings is 1. The van der Waals surface area contributed by atoms with E-state index < -0.39 is 0 Å². The molecule has 1 aromatic heterocycles. The zero-order chi connectivity index (χ0) is 13.0. The van der Waals surface area contributed by atoms with Gasteiger partial charge in [-0.05, 0) is 19.1 Å². The molecule has 0 aliphatic heterocycles. The predicted molar refractivity (Wildman–Crippen MR) is 70.0 cm³/mol. The van der Waals surface area contributed by atoms with Gasteiger partial charge in [-0.1, -0.05) is 33.2 Å². The summed E-state index contributed by atoms with van der Waals surface area (Å²) in [5, 5.41) is 3.93. The van der Waals surface area contributed by atoms with Crippen LogP contribution in [-0.2, 0) is 16.0 Å². The van der Waals surface area contributed by atoms with E-state index in [-0.39, 0.29) is 12.4 Å². The third-order valence-corrected chi connectivity index (χ3v) is 2.85. The molecule has 0 amide bonds. The van der Waals surface area contributed by atoms with Crippen molar-refractivity contribution in [2.24, 2.45) is 0 Å². The van der Waals surface area contributed by atoms with Crippen molar-refractivity contribution in [1.29, 1.82) is 0 Å². The molecule has 0 N–H and O–H groups in total. The van der Waals surface area contributed by atoms with Crippen LogP contribution in [0.3, 0.4) is 0 Å². The number of carbonyl (C=O) groups is 1. The minimum atomic E-state index is -0.309. The van der Waals surface area contributed by atoms with Gasteiger partial charge in [-0.3, -0.25) is 4.79 Å². The molecular formula is C13H12BrNO3. The largest absolute Gasteiger partial charge is 0.466 e. The van der Waals surface area contributed by atoms with Crippen LogP contribution in [0.2, 0.25) is 0 Å². The second kappa shape index (κ2) is 5.82. The molecule has 2 aromatic rings. The zero-order valence-electron chi connectivity index (χ0n) is 9.85. The van der Waals surface area contributed by atoms with Gasteiger partial charge in [0.15, 0.2) is 0 Å². The van der Waals surface area contributed by atoms with E-state index in [0.29, 0.717) is 18.1 Å². The van der Waals surface area contributed by atoms with Crippen LogP contribution >= 0.6 is 15.9 Å². The Morgan fingerprint density at radius 2 is 2.11 bits per heavy atom. The van der Waals surface area contributed by atoms with Gasteiger partial charge >= 0.3 is 5.97 Å². The van der Waals surface area contributed by atoms with Gasteiger partial charge in [0.2, 0.25) is 0 Å². The monoisotopic (exact) mass is 309 g/mol. The van der Waals surface area contributed by atoms with Gasteiger partial charge in [0, 0.05) is 16.1 Å². The van der Waals surface area contributed by atoms with Gasteiger partial charge < -0.3 is 9.26 Å². The highest BCUT2D eigenvalue weighted by Crippen LogP contribution is 2.21. The van der Waals surface area contributed by atoms with Crippen LogP contribution in [0.25, 0.3) is 11.3 Å². The van der Waals surface area contributed by atoms with Crippen LogP contribution < -0.4 is 0 Å². The maximum absolute atomic E-state index is 11.3. The lowest BCUT2D eigenvalue weighted by Gasteiger charge is -1.97. The average Bonchev–Trinajstić information content (AvgIpc) is 2.78. The SMILES string of the molecule is CCOC(=O)Cc1cc(-c2ccc(Br)cc2)no1. The first-order chi connectivity index (χ1) is 8.69. The fourth-order valence-electron chi connectivity index (χ4n) is 1.51. The smallest absolute Gasteiger partial charge is 0.313 e. The number of halogens is 1. The Labute approximate surface area is 113 Å². The Balaban J connectivity index is 2.10. The molecule has 0 spiro atoms. The third-order valence-electron chi connectivity index (χ3n) is 2.32. The second-order valence-corrected chi connectivity index (χ2v) is 4.58. The molecule has 0 bridgehead atoms. The number of hydrogen-bond acceptors (Lipinski definition) is 4. The number of esters is 1. The fraction of sp³-hybridized carbons (Fsp3) is 0.231. The third kappa shape index (κ3) is 3.20. The van der Waals surface area contributed by atoms with E-state index in [1.807, 2.05) is 24.3 Å². The van der Waals surface area contributed by atoms with Crippen LogP contribution in [0.15, 0.2) is 39.3 Å². The molecule has 1 heterocycles. The minimum absolute atomic E-state index is 0.109. The second-order valence-electron chi connectivity index (χ2n) is 3.67. The molecule has 94 valence electrons. The fourth-order valence-corrected chi connectivity index (χ4v) is 1.77. The maximum Gasteiger partial charge on any atom is 0.313 e. The summed E-state index contributed by atoms with van der Waals surface area (Å²) in [6.07, 6.45) is 0.109. The van der Waals surface area contributed by atoms with E-state index in [0.717, 1.165) is 10.0 Å².